The molecule has 0 fully saturated rings. The van der Waals surface area contributed by atoms with E-state index in [1.54, 1.807) is 0 Å². The number of hydrogen-bond donors (Lipinski definition) is 0. The fourth-order valence-electron chi connectivity index (χ4n) is 2.59. The molecular formula is C24H20IPRu. The summed E-state index contributed by atoms with van der Waals surface area (Å²) in [6, 6.07) is 42.5. The van der Waals surface area contributed by atoms with Crippen LogP contribution in [0.5, 0.6) is 0 Å². The van der Waals surface area contributed by atoms with Crippen LogP contribution >= 0.6 is 30.5 Å². The molecule has 0 aliphatic heterocycles. The van der Waals surface area contributed by atoms with Gasteiger partial charge in [0.25, 0.3) is 0 Å². The zero-order valence-electron chi connectivity index (χ0n) is 14.7. The van der Waals surface area contributed by atoms with Gasteiger partial charge in [0.2, 0.25) is 0 Å². The topological polar surface area (TPSA) is 0 Å². The quantitative estimate of drug-likeness (QED) is 0.169. The molecule has 0 spiro atoms. The van der Waals surface area contributed by atoms with Gasteiger partial charge < -0.3 is 0 Å². The number of hydrogen-bond acceptors (Lipinski definition) is 0. The fraction of sp³-hybridized carbons (Fsp3) is 0. The molecule has 0 aliphatic rings. The molecule has 0 amide bonds. The van der Waals surface area contributed by atoms with Crippen molar-refractivity contribution in [1.82, 2.24) is 0 Å². The summed E-state index contributed by atoms with van der Waals surface area (Å²) in [7, 11) is -0.446. The van der Waals surface area contributed by atoms with Crippen molar-refractivity contribution in [3.8, 4) is 0 Å². The maximum absolute atomic E-state index is 2.28. The molecule has 0 N–H and O–H groups in total. The van der Waals surface area contributed by atoms with Gasteiger partial charge in [-0.05, 0) is 58.6 Å². The second-order valence-corrected chi connectivity index (χ2v) is 9.10. The zero-order valence-corrected chi connectivity index (χ0v) is 19.5. The molecule has 0 radical (unpaired) electrons. The Kier molecular flexibility index (Phi) is 9.91. The summed E-state index contributed by atoms with van der Waals surface area (Å²) in [5, 5.41) is 4.19. The van der Waals surface area contributed by atoms with Crippen molar-refractivity contribution < 1.29 is 19.5 Å². The fourth-order valence-corrected chi connectivity index (χ4v) is 5.31. The molecular weight excluding hydrogens is 547 g/mol. The van der Waals surface area contributed by atoms with E-state index >= 15 is 0 Å². The number of halogens is 1. The van der Waals surface area contributed by atoms with Gasteiger partial charge in [-0.2, -0.15) is 0 Å². The zero-order chi connectivity index (χ0) is 18.0. The summed E-state index contributed by atoms with van der Waals surface area (Å²) in [5.74, 6) is 0. The van der Waals surface area contributed by atoms with Crippen molar-refractivity contribution in [2.45, 2.75) is 0 Å². The molecule has 136 valence electrons. The molecule has 27 heavy (non-hydrogen) atoms. The van der Waals surface area contributed by atoms with Crippen LogP contribution in [0.4, 0.5) is 0 Å². The van der Waals surface area contributed by atoms with Gasteiger partial charge in [0, 0.05) is 23.0 Å². The van der Waals surface area contributed by atoms with Crippen LogP contribution in [-0.4, -0.2) is 0 Å². The van der Waals surface area contributed by atoms with Gasteiger partial charge in [0.1, 0.15) is 0 Å². The van der Waals surface area contributed by atoms with E-state index in [-0.39, 0.29) is 19.5 Å². The summed E-state index contributed by atoms with van der Waals surface area (Å²) in [4.78, 5) is 0. The van der Waals surface area contributed by atoms with Crippen LogP contribution in [0.1, 0.15) is 0 Å². The van der Waals surface area contributed by atoms with Gasteiger partial charge in [-0.15, -0.1) is 0 Å². The molecule has 0 unspecified atom stereocenters. The molecule has 4 rings (SSSR count). The third kappa shape index (κ3) is 6.96. The van der Waals surface area contributed by atoms with Gasteiger partial charge in [0.15, 0.2) is 0 Å². The van der Waals surface area contributed by atoms with E-state index in [0.717, 1.165) is 0 Å². The normalized spacial score (nSPS) is 9.70. The molecule has 0 aliphatic carbocycles. The van der Waals surface area contributed by atoms with Crippen molar-refractivity contribution in [1.29, 1.82) is 0 Å². The molecule has 0 nitrogen and oxygen atoms in total. The van der Waals surface area contributed by atoms with Gasteiger partial charge in [-0.1, -0.05) is 109 Å². The Morgan fingerprint density at radius 3 is 0.889 bits per heavy atom. The van der Waals surface area contributed by atoms with Crippen LogP contribution in [0, 0.1) is 3.57 Å². The Balaban J connectivity index is 0.000000278. The Hall–Kier alpha value is -1.34. The molecule has 3 heteroatoms. The Morgan fingerprint density at radius 2 is 0.667 bits per heavy atom. The van der Waals surface area contributed by atoms with Gasteiger partial charge >= 0.3 is 0 Å². The maximum Gasteiger partial charge on any atom is 0.0130 e. The molecule has 0 saturated carbocycles. The molecule has 0 saturated heterocycles. The SMILES string of the molecule is Ic1ccccc1.[Ru].c1ccc(P(c2ccccc2)c2ccccc2)cc1. The summed E-state index contributed by atoms with van der Waals surface area (Å²) < 4.78 is 1.29. The minimum absolute atomic E-state index is 0. The van der Waals surface area contributed by atoms with Crippen LogP contribution < -0.4 is 15.9 Å². The van der Waals surface area contributed by atoms with Crippen molar-refractivity contribution in [3.05, 3.63) is 125 Å². The third-order valence-electron chi connectivity index (χ3n) is 3.78. The molecule has 4 aromatic rings. The second-order valence-electron chi connectivity index (χ2n) is 5.64. The third-order valence-corrected chi connectivity index (χ3v) is 6.94. The predicted molar refractivity (Wildman–Crippen MR) is 124 cm³/mol. The van der Waals surface area contributed by atoms with Crippen LogP contribution in [0.3, 0.4) is 0 Å². The average molecular weight is 567 g/mol. The molecule has 4 aromatic carbocycles. The van der Waals surface area contributed by atoms with Crippen LogP contribution in [-0.2, 0) is 19.5 Å². The molecule has 0 bridgehead atoms. The molecule has 0 heterocycles. The van der Waals surface area contributed by atoms with Crippen molar-refractivity contribution >= 4 is 46.4 Å². The largest absolute Gasteiger partial charge is 0.0622 e. The average Bonchev–Trinajstić information content (AvgIpc) is 2.72. The first-order valence-electron chi connectivity index (χ1n) is 8.50. The maximum atomic E-state index is 2.28. The molecule has 0 atom stereocenters. The monoisotopic (exact) mass is 568 g/mol. The predicted octanol–water partition coefficient (Wildman–Crippen LogP) is 5.73. The van der Waals surface area contributed by atoms with Crippen molar-refractivity contribution in [3.63, 3.8) is 0 Å². The number of benzene rings is 4. The van der Waals surface area contributed by atoms with Gasteiger partial charge in [0.05, 0.1) is 0 Å². The smallest absolute Gasteiger partial charge is 0.0130 e. The van der Waals surface area contributed by atoms with Crippen LogP contribution in [0.25, 0.3) is 0 Å². The van der Waals surface area contributed by atoms with Gasteiger partial charge in [-0.25, -0.2) is 0 Å². The van der Waals surface area contributed by atoms with E-state index in [1.165, 1.54) is 19.5 Å². The summed E-state index contributed by atoms with van der Waals surface area (Å²) in [6.07, 6.45) is 0. The Labute approximate surface area is 189 Å². The summed E-state index contributed by atoms with van der Waals surface area (Å²) in [5.41, 5.74) is 0. The van der Waals surface area contributed by atoms with Crippen molar-refractivity contribution in [2.75, 3.05) is 0 Å². The van der Waals surface area contributed by atoms with Crippen LogP contribution in [0.15, 0.2) is 121 Å². The van der Waals surface area contributed by atoms with E-state index in [2.05, 4.69) is 126 Å². The summed E-state index contributed by atoms with van der Waals surface area (Å²) in [6.45, 7) is 0. The van der Waals surface area contributed by atoms with E-state index in [9.17, 15) is 0 Å². The van der Waals surface area contributed by atoms with Gasteiger partial charge in [-0.3, -0.25) is 0 Å². The van der Waals surface area contributed by atoms with Crippen molar-refractivity contribution in [2.24, 2.45) is 0 Å². The molecule has 0 aromatic heterocycles. The van der Waals surface area contributed by atoms with E-state index in [0.29, 0.717) is 0 Å². The Bertz CT molecular complexity index is 790. The standard InChI is InChI=1S/C18H15P.C6H5I.Ru/c1-4-10-16(11-5-1)19(17-12-6-2-7-13-17)18-14-8-3-9-15-18;7-6-4-2-1-3-5-6;/h1-15H;1-5H;. The first-order chi connectivity index (χ1) is 12.8. The summed E-state index contributed by atoms with van der Waals surface area (Å²) >= 11 is 2.28. The van der Waals surface area contributed by atoms with Crippen LogP contribution in [0.2, 0.25) is 0 Å². The first-order valence-corrected chi connectivity index (χ1v) is 10.9. The minimum atomic E-state index is -0.446. The first kappa shape index (κ1) is 22.0. The minimum Gasteiger partial charge on any atom is -0.0622 e. The van der Waals surface area contributed by atoms with E-state index in [1.807, 2.05) is 18.2 Å². The Morgan fingerprint density at radius 1 is 0.407 bits per heavy atom. The second kappa shape index (κ2) is 12.2. The number of rotatable bonds is 3. The van der Waals surface area contributed by atoms with E-state index < -0.39 is 7.92 Å². The van der Waals surface area contributed by atoms with E-state index in [4.69, 9.17) is 0 Å².